The SMILES string of the molecule is COc1cc(Cl)nc(NC(=O)C2CCC(C)O2)n1. The van der Waals surface area contributed by atoms with Crippen LogP contribution in [0.3, 0.4) is 0 Å². The van der Waals surface area contributed by atoms with Crippen molar-refractivity contribution in [3.05, 3.63) is 11.2 Å². The molecule has 1 aromatic heterocycles. The number of methoxy groups -OCH3 is 1. The molecule has 1 aromatic rings. The zero-order valence-electron chi connectivity index (χ0n) is 10.1. The smallest absolute Gasteiger partial charge is 0.255 e. The molecule has 0 aliphatic carbocycles. The molecule has 2 atom stereocenters. The summed E-state index contributed by atoms with van der Waals surface area (Å²) in [5.74, 6) is 0.155. The van der Waals surface area contributed by atoms with E-state index in [9.17, 15) is 4.79 Å². The molecule has 2 heterocycles. The maximum atomic E-state index is 11.9. The average Bonchev–Trinajstić information content (AvgIpc) is 2.75. The van der Waals surface area contributed by atoms with Gasteiger partial charge in [-0.3, -0.25) is 10.1 Å². The number of hydrogen-bond acceptors (Lipinski definition) is 5. The fourth-order valence-electron chi connectivity index (χ4n) is 1.74. The van der Waals surface area contributed by atoms with Crippen LogP contribution in [0.2, 0.25) is 5.15 Å². The number of ether oxygens (including phenoxy) is 2. The summed E-state index contributed by atoms with van der Waals surface area (Å²) in [6.07, 6.45) is 1.23. The number of amides is 1. The second-order valence-electron chi connectivity index (χ2n) is 4.06. The van der Waals surface area contributed by atoms with Crippen molar-refractivity contribution in [2.45, 2.75) is 32.0 Å². The van der Waals surface area contributed by atoms with E-state index in [2.05, 4.69) is 15.3 Å². The number of rotatable bonds is 3. The summed E-state index contributed by atoms with van der Waals surface area (Å²) in [4.78, 5) is 19.7. The maximum absolute atomic E-state index is 11.9. The molecule has 0 bridgehead atoms. The largest absolute Gasteiger partial charge is 0.481 e. The summed E-state index contributed by atoms with van der Waals surface area (Å²) in [6, 6.07) is 1.46. The predicted octanol–water partition coefficient (Wildman–Crippen LogP) is 1.64. The van der Waals surface area contributed by atoms with E-state index < -0.39 is 6.10 Å². The molecule has 1 amide bonds. The first-order valence-corrected chi connectivity index (χ1v) is 6.01. The van der Waals surface area contributed by atoms with Crippen molar-refractivity contribution in [2.24, 2.45) is 0 Å². The van der Waals surface area contributed by atoms with Crippen LogP contribution >= 0.6 is 11.6 Å². The molecule has 0 spiro atoms. The zero-order valence-corrected chi connectivity index (χ0v) is 10.9. The fourth-order valence-corrected chi connectivity index (χ4v) is 1.92. The molecule has 2 unspecified atom stereocenters. The van der Waals surface area contributed by atoms with Crippen LogP contribution in [0, 0.1) is 0 Å². The van der Waals surface area contributed by atoms with Crippen LogP contribution in [0.25, 0.3) is 0 Å². The van der Waals surface area contributed by atoms with Gasteiger partial charge < -0.3 is 9.47 Å². The Morgan fingerprint density at radius 3 is 2.94 bits per heavy atom. The van der Waals surface area contributed by atoms with Crippen molar-refractivity contribution in [3.8, 4) is 5.88 Å². The molecule has 98 valence electrons. The number of aromatic nitrogens is 2. The quantitative estimate of drug-likeness (QED) is 0.846. The molecular weight excluding hydrogens is 258 g/mol. The van der Waals surface area contributed by atoms with Crippen molar-refractivity contribution in [1.82, 2.24) is 9.97 Å². The Morgan fingerprint density at radius 1 is 1.56 bits per heavy atom. The minimum atomic E-state index is -0.450. The van der Waals surface area contributed by atoms with Gasteiger partial charge in [-0.15, -0.1) is 0 Å². The number of hydrogen-bond donors (Lipinski definition) is 1. The molecule has 0 aromatic carbocycles. The Hall–Kier alpha value is -1.40. The Labute approximate surface area is 110 Å². The van der Waals surface area contributed by atoms with Gasteiger partial charge in [-0.1, -0.05) is 11.6 Å². The predicted molar refractivity (Wildman–Crippen MR) is 65.8 cm³/mol. The number of halogens is 1. The third kappa shape index (κ3) is 3.08. The fraction of sp³-hybridized carbons (Fsp3) is 0.545. The van der Waals surface area contributed by atoms with Gasteiger partial charge in [0.25, 0.3) is 5.91 Å². The van der Waals surface area contributed by atoms with Crippen LogP contribution in [0.1, 0.15) is 19.8 Å². The lowest BCUT2D eigenvalue weighted by molar-refractivity contribution is -0.126. The van der Waals surface area contributed by atoms with Crippen molar-refractivity contribution in [3.63, 3.8) is 0 Å². The first kappa shape index (κ1) is 13.0. The highest BCUT2D eigenvalue weighted by molar-refractivity contribution is 6.29. The van der Waals surface area contributed by atoms with Gasteiger partial charge in [0.15, 0.2) is 0 Å². The summed E-state index contributed by atoms with van der Waals surface area (Å²) in [6.45, 7) is 1.94. The van der Waals surface area contributed by atoms with E-state index in [1.807, 2.05) is 6.92 Å². The monoisotopic (exact) mass is 271 g/mol. The maximum Gasteiger partial charge on any atom is 0.255 e. The molecule has 1 N–H and O–H groups in total. The molecule has 0 saturated carbocycles. The molecular formula is C11H14ClN3O3. The summed E-state index contributed by atoms with van der Waals surface area (Å²) in [7, 11) is 1.46. The third-order valence-electron chi connectivity index (χ3n) is 2.64. The summed E-state index contributed by atoms with van der Waals surface area (Å²) < 4.78 is 10.4. The van der Waals surface area contributed by atoms with Gasteiger partial charge in [0.1, 0.15) is 11.3 Å². The van der Waals surface area contributed by atoms with Crippen molar-refractivity contribution >= 4 is 23.5 Å². The minimum absolute atomic E-state index is 0.107. The van der Waals surface area contributed by atoms with E-state index >= 15 is 0 Å². The Morgan fingerprint density at radius 2 is 2.33 bits per heavy atom. The van der Waals surface area contributed by atoms with Crippen LogP contribution in [0.15, 0.2) is 6.07 Å². The standard InChI is InChI=1S/C11H14ClN3O3/c1-6-3-4-7(18-6)10(16)15-11-13-8(12)5-9(14-11)17-2/h5-7H,3-4H2,1-2H3,(H,13,14,15,16). The summed E-state index contributed by atoms with van der Waals surface area (Å²) in [5.41, 5.74) is 0. The highest BCUT2D eigenvalue weighted by atomic mass is 35.5. The van der Waals surface area contributed by atoms with Crippen LogP contribution in [0.5, 0.6) is 5.88 Å². The van der Waals surface area contributed by atoms with Crippen LogP contribution in [-0.2, 0) is 9.53 Å². The number of carbonyl (C=O) groups excluding carboxylic acids is 1. The first-order chi connectivity index (χ1) is 8.58. The number of anilines is 1. The number of carbonyl (C=O) groups is 1. The van der Waals surface area contributed by atoms with Crippen LogP contribution < -0.4 is 10.1 Å². The van der Waals surface area contributed by atoms with Gasteiger partial charge in [-0.2, -0.15) is 4.98 Å². The van der Waals surface area contributed by atoms with Gasteiger partial charge in [-0.05, 0) is 19.8 Å². The Kier molecular flexibility index (Phi) is 3.98. The van der Waals surface area contributed by atoms with E-state index in [1.165, 1.54) is 13.2 Å². The van der Waals surface area contributed by atoms with Gasteiger partial charge in [0.05, 0.1) is 13.2 Å². The summed E-state index contributed by atoms with van der Waals surface area (Å²) >= 11 is 5.78. The molecule has 7 heteroatoms. The molecule has 1 aliphatic rings. The lowest BCUT2D eigenvalue weighted by Gasteiger charge is -2.11. The van der Waals surface area contributed by atoms with Crippen molar-refractivity contribution in [2.75, 3.05) is 12.4 Å². The highest BCUT2D eigenvalue weighted by Gasteiger charge is 2.28. The second-order valence-corrected chi connectivity index (χ2v) is 4.45. The molecule has 1 aliphatic heterocycles. The van der Waals surface area contributed by atoms with E-state index in [1.54, 1.807) is 0 Å². The molecule has 1 saturated heterocycles. The summed E-state index contributed by atoms with van der Waals surface area (Å²) in [5, 5.41) is 2.78. The lowest BCUT2D eigenvalue weighted by Crippen LogP contribution is -2.28. The zero-order chi connectivity index (χ0) is 13.1. The third-order valence-corrected chi connectivity index (χ3v) is 2.83. The second kappa shape index (κ2) is 5.49. The Balaban J connectivity index is 2.04. The average molecular weight is 272 g/mol. The van der Waals surface area contributed by atoms with Crippen LogP contribution in [0.4, 0.5) is 5.95 Å². The molecule has 1 fully saturated rings. The molecule has 0 radical (unpaired) electrons. The normalized spacial score (nSPS) is 22.8. The van der Waals surface area contributed by atoms with Gasteiger partial charge >= 0.3 is 0 Å². The topological polar surface area (TPSA) is 73.3 Å². The highest BCUT2D eigenvalue weighted by Crippen LogP contribution is 2.21. The molecule has 18 heavy (non-hydrogen) atoms. The number of nitrogens with zero attached hydrogens (tertiary/aromatic N) is 2. The van der Waals surface area contributed by atoms with Gasteiger partial charge in [0, 0.05) is 6.07 Å². The van der Waals surface area contributed by atoms with E-state index in [-0.39, 0.29) is 23.1 Å². The van der Waals surface area contributed by atoms with Crippen molar-refractivity contribution in [1.29, 1.82) is 0 Å². The molecule has 2 rings (SSSR count). The Bertz CT molecular complexity index is 455. The molecule has 6 nitrogen and oxygen atoms in total. The van der Waals surface area contributed by atoms with Gasteiger partial charge in [-0.25, -0.2) is 4.98 Å². The number of nitrogens with one attached hydrogen (secondary N) is 1. The van der Waals surface area contributed by atoms with E-state index in [4.69, 9.17) is 21.1 Å². The van der Waals surface area contributed by atoms with E-state index in [0.29, 0.717) is 12.3 Å². The minimum Gasteiger partial charge on any atom is -0.481 e. The van der Waals surface area contributed by atoms with Crippen LogP contribution in [-0.4, -0.2) is 35.2 Å². The lowest BCUT2D eigenvalue weighted by atomic mass is 10.2. The first-order valence-electron chi connectivity index (χ1n) is 5.63. The van der Waals surface area contributed by atoms with Crippen molar-refractivity contribution < 1.29 is 14.3 Å². The van der Waals surface area contributed by atoms with Gasteiger partial charge in [0.2, 0.25) is 11.8 Å². The van der Waals surface area contributed by atoms with E-state index in [0.717, 1.165) is 6.42 Å².